The summed E-state index contributed by atoms with van der Waals surface area (Å²) >= 11 is 1.65. The summed E-state index contributed by atoms with van der Waals surface area (Å²) in [7, 11) is 3.66. The third-order valence-corrected chi connectivity index (χ3v) is 3.32. The van der Waals surface area contributed by atoms with E-state index in [4.69, 9.17) is 4.74 Å². The monoisotopic (exact) mass is 213 g/mol. The van der Waals surface area contributed by atoms with Gasteiger partial charge in [0.05, 0.1) is 11.8 Å². The van der Waals surface area contributed by atoms with Gasteiger partial charge in [0.1, 0.15) is 0 Å². The first-order chi connectivity index (χ1) is 6.81. The SMILES string of the molecule is CNc1nc(CN2CC(OC)C2)cs1. The van der Waals surface area contributed by atoms with Crippen LogP contribution in [0.2, 0.25) is 0 Å². The first-order valence-corrected chi connectivity index (χ1v) is 5.57. The number of nitrogens with zero attached hydrogens (tertiary/aromatic N) is 2. The number of hydrogen-bond donors (Lipinski definition) is 1. The average molecular weight is 213 g/mol. The molecule has 14 heavy (non-hydrogen) atoms. The molecule has 0 atom stereocenters. The summed E-state index contributed by atoms with van der Waals surface area (Å²) in [5.41, 5.74) is 1.15. The Kier molecular flexibility index (Phi) is 3.00. The molecule has 1 aliphatic heterocycles. The van der Waals surface area contributed by atoms with Crippen molar-refractivity contribution in [3.63, 3.8) is 0 Å². The Morgan fingerprint density at radius 1 is 1.71 bits per heavy atom. The minimum atomic E-state index is 0.428. The lowest BCUT2D eigenvalue weighted by Gasteiger charge is -2.37. The number of rotatable bonds is 4. The number of ether oxygens (including phenoxy) is 1. The fourth-order valence-electron chi connectivity index (χ4n) is 1.52. The zero-order valence-corrected chi connectivity index (χ0v) is 9.30. The minimum absolute atomic E-state index is 0.428. The molecule has 1 saturated heterocycles. The lowest BCUT2D eigenvalue weighted by Crippen LogP contribution is -2.50. The summed E-state index contributed by atoms with van der Waals surface area (Å²) < 4.78 is 5.21. The molecule has 0 aliphatic carbocycles. The molecule has 0 bridgehead atoms. The first kappa shape index (κ1) is 9.89. The number of aromatic nitrogens is 1. The molecule has 1 aromatic rings. The highest BCUT2D eigenvalue weighted by atomic mass is 32.1. The molecule has 1 aromatic heterocycles. The van der Waals surface area contributed by atoms with Gasteiger partial charge < -0.3 is 10.1 Å². The summed E-state index contributed by atoms with van der Waals surface area (Å²) in [5, 5.41) is 6.13. The van der Waals surface area contributed by atoms with Crippen molar-refractivity contribution >= 4 is 16.5 Å². The summed E-state index contributed by atoms with van der Waals surface area (Å²) in [5.74, 6) is 0. The second-order valence-corrected chi connectivity index (χ2v) is 4.30. The van der Waals surface area contributed by atoms with Crippen LogP contribution in [0.3, 0.4) is 0 Å². The van der Waals surface area contributed by atoms with Crippen molar-refractivity contribution in [1.82, 2.24) is 9.88 Å². The van der Waals surface area contributed by atoms with E-state index in [1.807, 2.05) is 7.05 Å². The third-order valence-electron chi connectivity index (χ3n) is 2.41. The van der Waals surface area contributed by atoms with E-state index in [2.05, 4.69) is 20.6 Å². The largest absolute Gasteiger partial charge is 0.379 e. The van der Waals surface area contributed by atoms with E-state index < -0.39 is 0 Å². The summed E-state index contributed by atoms with van der Waals surface area (Å²) in [6, 6.07) is 0. The average Bonchev–Trinajstić information content (AvgIpc) is 2.58. The molecule has 0 saturated carbocycles. The van der Waals surface area contributed by atoms with Crippen molar-refractivity contribution in [1.29, 1.82) is 0 Å². The highest BCUT2D eigenvalue weighted by Gasteiger charge is 2.26. The van der Waals surface area contributed by atoms with E-state index in [9.17, 15) is 0 Å². The predicted molar refractivity (Wildman–Crippen MR) is 57.7 cm³/mol. The van der Waals surface area contributed by atoms with Crippen LogP contribution >= 0.6 is 11.3 Å². The zero-order chi connectivity index (χ0) is 9.97. The van der Waals surface area contributed by atoms with Gasteiger partial charge in [-0.3, -0.25) is 4.90 Å². The number of anilines is 1. The molecule has 78 valence electrons. The zero-order valence-electron chi connectivity index (χ0n) is 8.49. The number of methoxy groups -OCH3 is 1. The van der Waals surface area contributed by atoms with Crippen LogP contribution in [0.5, 0.6) is 0 Å². The van der Waals surface area contributed by atoms with Gasteiger partial charge in [-0.05, 0) is 0 Å². The Labute approximate surface area is 87.9 Å². The van der Waals surface area contributed by atoms with E-state index in [-0.39, 0.29) is 0 Å². The van der Waals surface area contributed by atoms with E-state index in [1.165, 1.54) is 0 Å². The smallest absolute Gasteiger partial charge is 0.182 e. The molecule has 1 N–H and O–H groups in total. The molecule has 0 aromatic carbocycles. The number of thiazole rings is 1. The van der Waals surface area contributed by atoms with Gasteiger partial charge in [-0.1, -0.05) is 0 Å². The Hall–Kier alpha value is -0.650. The number of hydrogen-bond acceptors (Lipinski definition) is 5. The van der Waals surface area contributed by atoms with Crippen molar-refractivity contribution < 1.29 is 4.74 Å². The molecule has 2 heterocycles. The molecule has 2 rings (SSSR count). The van der Waals surface area contributed by atoms with Crippen molar-refractivity contribution in [3.8, 4) is 0 Å². The van der Waals surface area contributed by atoms with Gasteiger partial charge >= 0.3 is 0 Å². The maximum atomic E-state index is 5.21. The minimum Gasteiger partial charge on any atom is -0.379 e. The van der Waals surface area contributed by atoms with Gasteiger partial charge in [-0.2, -0.15) is 0 Å². The van der Waals surface area contributed by atoms with Crippen LogP contribution in [0.1, 0.15) is 5.69 Å². The Morgan fingerprint density at radius 3 is 3.07 bits per heavy atom. The first-order valence-electron chi connectivity index (χ1n) is 4.69. The van der Waals surface area contributed by atoms with Gasteiger partial charge in [-0.25, -0.2) is 4.98 Å². The molecule has 0 amide bonds. The Balaban J connectivity index is 1.81. The van der Waals surface area contributed by atoms with Crippen molar-refractivity contribution in [2.75, 3.05) is 32.6 Å². The summed E-state index contributed by atoms with van der Waals surface area (Å²) in [4.78, 5) is 6.76. The topological polar surface area (TPSA) is 37.4 Å². The fourth-order valence-corrected chi connectivity index (χ4v) is 2.19. The summed E-state index contributed by atoms with van der Waals surface area (Å²) in [6.07, 6.45) is 0.428. The second-order valence-electron chi connectivity index (χ2n) is 3.45. The molecular weight excluding hydrogens is 198 g/mol. The molecule has 1 fully saturated rings. The Bertz CT molecular complexity index is 296. The van der Waals surface area contributed by atoms with Gasteiger partial charge in [0, 0.05) is 39.2 Å². The van der Waals surface area contributed by atoms with Crippen LogP contribution in [-0.4, -0.2) is 43.2 Å². The van der Waals surface area contributed by atoms with Gasteiger partial charge in [-0.15, -0.1) is 11.3 Å². The van der Waals surface area contributed by atoms with Gasteiger partial charge in [0.2, 0.25) is 0 Å². The van der Waals surface area contributed by atoms with E-state index in [0.29, 0.717) is 6.10 Å². The van der Waals surface area contributed by atoms with Crippen molar-refractivity contribution in [3.05, 3.63) is 11.1 Å². The predicted octanol–water partition coefficient (Wildman–Crippen LogP) is 1.02. The highest BCUT2D eigenvalue weighted by Crippen LogP contribution is 2.19. The molecule has 4 nitrogen and oxygen atoms in total. The van der Waals surface area contributed by atoms with Crippen LogP contribution in [0.25, 0.3) is 0 Å². The number of nitrogens with one attached hydrogen (secondary N) is 1. The molecule has 1 aliphatic rings. The van der Waals surface area contributed by atoms with Crippen LogP contribution in [0.15, 0.2) is 5.38 Å². The maximum Gasteiger partial charge on any atom is 0.182 e. The van der Waals surface area contributed by atoms with E-state index in [0.717, 1.165) is 30.5 Å². The van der Waals surface area contributed by atoms with Crippen molar-refractivity contribution in [2.24, 2.45) is 0 Å². The standard InChI is InChI=1S/C9H15N3OS/c1-10-9-11-7(6-14-9)3-12-4-8(5-12)13-2/h6,8H,3-5H2,1-2H3,(H,10,11). The quantitative estimate of drug-likeness (QED) is 0.810. The summed E-state index contributed by atoms with van der Waals surface area (Å²) in [6.45, 7) is 3.00. The second kappa shape index (κ2) is 4.25. The maximum absolute atomic E-state index is 5.21. The van der Waals surface area contributed by atoms with Crippen LogP contribution in [0, 0.1) is 0 Å². The van der Waals surface area contributed by atoms with Crippen LogP contribution in [-0.2, 0) is 11.3 Å². The lowest BCUT2D eigenvalue weighted by atomic mass is 10.1. The lowest BCUT2D eigenvalue weighted by molar-refractivity contribution is -0.0338. The van der Waals surface area contributed by atoms with Gasteiger partial charge in [0.25, 0.3) is 0 Å². The number of likely N-dealkylation sites (tertiary alicyclic amines) is 1. The normalized spacial score (nSPS) is 18.1. The molecule has 0 spiro atoms. The van der Waals surface area contributed by atoms with Crippen LogP contribution < -0.4 is 5.32 Å². The molecule has 0 unspecified atom stereocenters. The van der Waals surface area contributed by atoms with Crippen LogP contribution in [0.4, 0.5) is 5.13 Å². The highest BCUT2D eigenvalue weighted by molar-refractivity contribution is 7.13. The molecule has 5 heteroatoms. The third kappa shape index (κ3) is 2.05. The molecular formula is C9H15N3OS. The van der Waals surface area contributed by atoms with Crippen molar-refractivity contribution in [2.45, 2.75) is 12.6 Å². The van der Waals surface area contributed by atoms with E-state index in [1.54, 1.807) is 18.4 Å². The van der Waals surface area contributed by atoms with Gasteiger partial charge in [0.15, 0.2) is 5.13 Å². The van der Waals surface area contributed by atoms with E-state index >= 15 is 0 Å². The molecule has 0 radical (unpaired) electrons. The Morgan fingerprint density at radius 2 is 2.50 bits per heavy atom. The fraction of sp³-hybridized carbons (Fsp3) is 0.667.